The summed E-state index contributed by atoms with van der Waals surface area (Å²) >= 11 is 0. The van der Waals surface area contributed by atoms with Crippen molar-refractivity contribution in [1.29, 1.82) is 0 Å². The number of fused-ring (bicyclic) bond motifs is 3. The van der Waals surface area contributed by atoms with E-state index in [1.807, 2.05) is 0 Å². The van der Waals surface area contributed by atoms with Crippen LogP contribution < -0.4 is 0 Å². The number of hydrogen-bond acceptors (Lipinski definition) is 2. The maximum Gasteiger partial charge on any atom is 0.0730 e. The van der Waals surface area contributed by atoms with Crippen LogP contribution in [0.4, 0.5) is 0 Å². The molecule has 3 aliphatic heterocycles. The molecule has 0 radical (unpaired) electrons. The van der Waals surface area contributed by atoms with Crippen molar-refractivity contribution in [2.45, 2.75) is 37.3 Å². The first kappa shape index (κ1) is 14.9. The van der Waals surface area contributed by atoms with E-state index in [2.05, 4.69) is 65.6 Å². The molecule has 1 N–H and O–H groups in total. The summed E-state index contributed by atoms with van der Waals surface area (Å²) in [6, 6.07) is 21.7. The predicted molar refractivity (Wildman–Crippen MR) is 93.4 cm³/mol. The summed E-state index contributed by atoms with van der Waals surface area (Å²) in [7, 11) is 0. The number of aliphatic hydroxyl groups is 1. The van der Waals surface area contributed by atoms with Gasteiger partial charge in [-0.3, -0.25) is 4.90 Å². The van der Waals surface area contributed by atoms with Crippen LogP contribution in [0.25, 0.3) is 0 Å². The molecule has 0 aliphatic carbocycles. The van der Waals surface area contributed by atoms with Gasteiger partial charge in [0.15, 0.2) is 0 Å². The third-order valence-corrected chi connectivity index (χ3v) is 5.77. The molecule has 3 heterocycles. The number of piperidine rings is 3. The molecule has 0 spiro atoms. The lowest BCUT2D eigenvalue weighted by Crippen LogP contribution is -2.60. The normalized spacial score (nSPS) is 31.0. The van der Waals surface area contributed by atoms with Gasteiger partial charge < -0.3 is 5.11 Å². The van der Waals surface area contributed by atoms with E-state index in [1.165, 1.54) is 11.1 Å². The SMILES string of the molecule is OC1C2CCN(CC2)C1C(Cc1ccccc1)c1ccccc1. The summed E-state index contributed by atoms with van der Waals surface area (Å²) in [5.41, 5.74) is 2.71. The zero-order chi connectivity index (χ0) is 15.6. The summed E-state index contributed by atoms with van der Waals surface area (Å²) in [6.45, 7) is 2.29. The number of nitrogens with zero attached hydrogens (tertiary/aromatic N) is 1. The molecule has 2 aromatic carbocycles. The van der Waals surface area contributed by atoms with Crippen LogP contribution in [0, 0.1) is 5.92 Å². The van der Waals surface area contributed by atoms with Crippen molar-refractivity contribution in [1.82, 2.24) is 4.90 Å². The summed E-state index contributed by atoms with van der Waals surface area (Å²) < 4.78 is 0. The van der Waals surface area contributed by atoms with Crippen LogP contribution in [0.5, 0.6) is 0 Å². The van der Waals surface area contributed by atoms with Crippen molar-refractivity contribution in [2.75, 3.05) is 13.1 Å². The van der Waals surface area contributed by atoms with E-state index < -0.39 is 0 Å². The summed E-state index contributed by atoms with van der Waals surface area (Å²) in [6.07, 6.45) is 3.12. The maximum atomic E-state index is 10.9. The molecule has 23 heavy (non-hydrogen) atoms. The number of aliphatic hydroxyl groups excluding tert-OH is 1. The van der Waals surface area contributed by atoms with Gasteiger partial charge in [0.05, 0.1) is 6.10 Å². The first-order valence-corrected chi connectivity index (χ1v) is 8.84. The molecule has 0 aromatic heterocycles. The third-order valence-electron chi connectivity index (χ3n) is 5.77. The average molecular weight is 307 g/mol. The molecule has 0 saturated carbocycles. The molecule has 3 saturated heterocycles. The molecule has 2 bridgehead atoms. The van der Waals surface area contributed by atoms with E-state index >= 15 is 0 Å². The van der Waals surface area contributed by atoms with Crippen LogP contribution in [0.2, 0.25) is 0 Å². The monoisotopic (exact) mass is 307 g/mol. The minimum Gasteiger partial charge on any atom is -0.391 e. The van der Waals surface area contributed by atoms with Crippen molar-refractivity contribution >= 4 is 0 Å². The minimum atomic E-state index is -0.189. The van der Waals surface area contributed by atoms with Gasteiger partial charge in [-0.2, -0.15) is 0 Å². The van der Waals surface area contributed by atoms with Crippen LogP contribution in [0.15, 0.2) is 60.7 Å². The van der Waals surface area contributed by atoms with E-state index in [-0.39, 0.29) is 12.1 Å². The summed E-state index contributed by atoms with van der Waals surface area (Å²) in [5, 5.41) is 10.9. The van der Waals surface area contributed by atoms with Crippen molar-refractivity contribution < 1.29 is 5.11 Å². The van der Waals surface area contributed by atoms with E-state index in [9.17, 15) is 5.11 Å². The van der Waals surface area contributed by atoms with Crippen LogP contribution in [0.3, 0.4) is 0 Å². The lowest BCUT2D eigenvalue weighted by molar-refractivity contribution is -0.0817. The van der Waals surface area contributed by atoms with Gasteiger partial charge in [-0.25, -0.2) is 0 Å². The Bertz CT molecular complexity index is 617. The average Bonchev–Trinajstić information content (AvgIpc) is 2.63. The smallest absolute Gasteiger partial charge is 0.0730 e. The van der Waals surface area contributed by atoms with Crippen LogP contribution in [0.1, 0.15) is 29.9 Å². The van der Waals surface area contributed by atoms with E-state index in [1.54, 1.807) is 0 Å². The number of hydrogen-bond donors (Lipinski definition) is 1. The zero-order valence-corrected chi connectivity index (χ0v) is 13.5. The second-order valence-corrected chi connectivity index (χ2v) is 7.06. The molecular formula is C21H25NO. The fourth-order valence-corrected chi connectivity index (χ4v) is 4.55. The van der Waals surface area contributed by atoms with Gasteiger partial charge in [-0.1, -0.05) is 60.7 Å². The molecule has 3 atom stereocenters. The minimum absolute atomic E-state index is 0.189. The quantitative estimate of drug-likeness (QED) is 0.935. The summed E-state index contributed by atoms with van der Waals surface area (Å²) in [4.78, 5) is 2.53. The maximum absolute atomic E-state index is 10.9. The molecule has 2 heteroatoms. The molecule has 3 unspecified atom stereocenters. The van der Waals surface area contributed by atoms with Gasteiger partial charge in [-0.05, 0) is 49.4 Å². The molecule has 5 rings (SSSR count). The van der Waals surface area contributed by atoms with E-state index in [0.717, 1.165) is 32.4 Å². The van der Waals surface area contributed by atoms with E-state index in [0.29, 0.717) is 11.8 Å². The number of benzene rings is 2. The van der Waals surface area contributed by atoms with E-state index in [4.69, 9.17) is 0 Å². The van der Waals surface area contributed by atoms with Crippen LogP contribution >= 0.6 is 0 Å². The molecule has 0 amide bonds. The Labute approximate surface area is 138 Å². The third kappa shape index (κ3) is 2.93. The molecule has 120 valence electrons. The molecule has 3 aliphatic rings. The van der Waals surface area contributed by atoms with Gasteiger partial charge in [0.25, 0.3) is 0 Å². The molecule has 2 nitrogen and oxygen atoms in total. The van der Waals surface area contributed by atoms with Crippen molar-refractivity contribution in [3.63, 3.8) is 0 Å². The highest BCUT2D eigenvalue weighted by atomic mass is 16.3. The fraction of sp³-hybridized carbons (Fsp3) is 0.429. The Morgan fingerprint density at radius 1 is 0.913 bits per heavy atom. The Balaban J connectivity index is 1.68. The Kier molecular flexibility index (Phi) is 4.19. The standard InChI is InChI=1S/C21H25NO/c23-21-18-11-13-22(14-12-18)20(21)19(17-9-5-2-6-10-17)15-16-7-3-1-4-8-16/h1-10,18-21,23H,11-15H2. The second-order valence-electron chi connectivity index (χ2n) is 7.06. The highest BCUT2D eigenvalue weighted by Crippen LogP contribution is 2.40. The summed E-state index contributed by atoms with van der Waals surface area (Å²) in [5.74, 6) is 0.851. The fourth-order valence-electron chi connectivity index (χ4n) is 4.55. The van der Waals surface area contributed by atoms with Gasteiger partial charge in [-0.15, -0.1) is 0 Å². The van der Waals surface area contributed by atoms with Gasteiger partial charge in [0, 0.05) is 12.0 Å². The first-order chi connectivity index (χ1) is 11.3. The van der Waals surface area contributed by atoms with Gasteiger partial charge >= 0.3 is 0 Å². The topological polar surface area (TPSA) is 23.5 Å². The van der Waals surface area contributed by atoms with Crippen molar-refractivity contribution in [3.05, 3.63) is 71.8 Å². The highest BCUT2D eigenvalue weighted by Gasteiger charge is 2.45. The molecule has 2 aromatic rings. The molecule has 3 fully saturated rings. The van der Waals surface area contributed by atoms with Crippen molar-refractivity contribution in [3.8, 4) is 0 Å². The van der Waals surface area contributed by atoms with Crippen LogP contribution in [-0.4, -0.2) is 35.2 Å². The highest BCUT2D eigenvalue weighted by molar-refractivity contribution is 5.27. The van der Waals surface area contributed by atoms with Gasteiger partial charge in [0.1, 0.15) is 0 Å². The van der Waals surface area contributed by atoms with Crippen molar-refractivity contribution in [2.24, 2.45) is 5.92 Å². The first-order valence-electron chi connectivity index (χ1n) is 8.84. The zero-order valence-electron chi connectivity index (χ0n) is 13.5. The molecular weight excluding hydrogens is 282 g/mol. The lowest BCUT2D eigenvalue weighted by atomic mass is 9.72. The Hall–Kier alpha value is -1.64. The second kappa shape index (κ2) is 6.46. The lowest BCUT2D eigenvalue weighted by Gasteiger charge is -2.52. The Morgan fingerprint density at radius 2 is 1.52 bits per heavy atom. The largest absolute Gasteiger partial charge is 0.391 e. The predicted octanol–water partition coefficient (Wildman–Crippen LogP) is 3.47. The van der Waals surface area contributed by atoms with Crippen LogP contribution in [-0.2, 0) is 6.42 Å². The van der Waals surface area contributed by atoms with Gasteiger partial charge in [0.2, 0.25) is 0 Å². The Morgan fingerprint density at radius 3 is 2.13 bits per heavy atom. The number of rotatable bonds is 4.